The molecule has 0 atom stereocenters. The van der Waals surface area contributed by atoms with Gasteiger partial charge in [0, 0.05) is 11.3 Å². The molecule has 2 N–H and O–H groups in total. The Morgan fingerprint density at radius 3 is 1.38 bits per heavy atom. The van der Waals surface area contributed by atoms with Crippen molar-refractivity contribution in [2.24, 2.45) is 0 Å². The number of unbranched alkanes of at least 4 members (excludes halogenated alkanes) is 15. The lowest BCUT2D eigenvalue weighted by Gasteiger charge is -2.30. The number of nitrogens with two attached hydrogens (primary N) is 1. The first-order chi connectivity index (χ1) is 14.0. The summed E-state index contributed by atoms with van der Waals surface area (Å²) in [5.41, 5.74) is 8.04. The van der Waals surface area contributed by atoms with E-state index in [4.69, 9.17) is 5.73 Å². The summed E-state index contributed by atoms with van der Waals surface area (Å²) in [7, 11) is 4.70. The average molecular weight is 404 g/mol. The highest BCUT2D eigenvalue weighted by Gasteiger charge is 2.15. The van der Waals surface area contributed by atoms with Crippen LogP contribution >= 0.6 is 0 Å². The predicted octanol–water partition coefficient (Wildman–Crippen LogP) is 8.11. The van der Waals surface area contributed by atoms with Gasteiger partial charge in [0.15, 0.2) is 0 Å². The molecule has 0 aliphatic heterocycles. The summed E-state index contributed by atoms with van der Waals surface area (Å²) in [6.07, 6.45) is 23.0. The van der Waals surface area contributed by atoms with Crippen LogP contribution in [0.4, 0.5) is 5.69 Å². The molecular weight excluding hydrogens is 352 g/mol. The Kier molecular flexibility index (Phi) is 15.0. The number of nitrogens with zero attached hydrogens (tertiary/aromatic N) is 1. The zero-order valence-corrected chi connectivity index (χ0v) is 20.1. The van der Waals surface area contributed by atoms with Crippen LogP contribution in [-0.2, 0) is 6.54 Å². The van der Waals surface area contributed by atoms with Crippen molar-refractivity contribution >= 4 is 5.69 Å². The molecule has 0 aliphatic carbocycles. The van der Waals surface area contributed by atoms with E-state index in [1.165, 1.54) is 115 Å². The summed E-state index contributed by atoms with van der Waals surface area (Å²) in [6.45, 7) is 4.66. The molecular formula is C27H51N2+. The summed E-state index contributed by atoms with van der Waals surface area (Å²) in [4.78, 5) is 0. The van der Waals surface area contributed by atoms with Crippen LogP contribution in [0.1, 0.15) is 115 Å². The maximum absolute atomic E-state index is 5.79. The molecule has 0 saturated heterocycles. The van der Waals surface area contributed by atoms with Crippen LogP contribution in [-0.4, -0.2) is 25.1 Å². The van der Waals surface area contributed by atoms with Crippen molar-refractivity contribution in [1.82, 2.24) is 0 Å². The highest BCUT2D eigenvalue weighted by Crippen LogP contribution is 2.16. The van der Waals surface area contributed by atoms with Crippen LogP contribution in [0.5, 0.6) is 0 Å². The van der Waals surface area contributed by atoms with Crippen LogP contribution in [0.3, 0.4) is 0 Å². The molecule has 0 spiro atoms. The lowest BCUT2D eigenvalue weighted by molar-refractivity contribution is -0.903. The number of hydrogen-bond acceptors (Lipinski definition) is 1. The number of quaternary nitrogens is 1. The molecule has 0 saturated carbocycles. The second kappa shape index (κ2) is 16.7. The van der Waals surface area contributed by atoms with Crippen molar-refractivity contribution in [3.8, 4) is 0 Å². The highest BCUT2D eigenvalue weighted by atomic mass is 15.3. The zero-order valence-electron chi connectivity index (χ0n) is 20.1. The lowest BCUT2D eigenvalue weighted by Crippen LogP contribution is -2.39. The van der Waals surface area contributed by atoms with Crippen LogP contribution in [0, 0.1) is 0 Å². The van der Waals surface area contributed by atoms with Gasteiger partial charge in [-0.25, -0.2) is 0 Å². The van der Waals surface area contributed by atoms with E-state index in [0.717, 1.165) is 16.7 Å². The Balaban J connectivity index is 1.86. The number of hydrogen-bond donors (Lipinski definition) is 1. The van der Waals surface area contributed by atoms with Gasteiger partial charge in [0.25, 0.3) is 0 Å². The zero-order chi connectivity index (χ0) is 21.2. The van der Waals surface area contributed by atoms with E-state index in [1.807, 2.05) is 12.1 Å². The molecule has 1 rings (SSSR count). The summed E-state index contributed by atoms with van der Waals surface area (Å²) in [5.74, 6) is 0. The molecule has 2 nitrogen and oxygen atoms in total. The fraction of sp³-hybridized carbons (Fsp3) is 0.778. The summed E-state index contributed by atoms with van der Waals surface area (Å²) >= 11 is 0. The Bertz CT molecular complexity index is 478. The molecule has 0 amide bonds. The predicted molar refractivity (Wildman–Crippen MR) is 131 cm³/mol. The molecule has 0 unspecified atom stereocenters. The third-order valence-electron chi connectivity index (χ3n) is 6.21. The molecule has 0 bridgehead atoms. The first-order valence-corrected chi connectivity index (χ1v) is 12.7. The van der Waals surface area contributed by atoms with E-state index < -0.39 is 0 Å². The third-order valence-corrected chi connectivity index (χ3v) is 6.21. The van der Waals surface area contributed by atoms with Crippen LogP contribution in [0.2, 0.25) is 0 Å². The van der Waals surface area contributed by atoms with Crippen molar-refractivity contribution in [3.05, 3.63) is 29.8 Å². The van der Waals surface area contributed by atoms with Crippen LogP contribution in [0.25, 0.3) is 0 Å². The van der Waals surface area contributed by atoms with Gasteiger partial charge in [0.2, 0.25) is 0 Å². The van der Waals surface area contributed by atoms with Crippen LogP contribution in [0.15, 0.2) is 24.3 Å². The molecule has 1 aromatic carbocycles. The van der Waals surface area contributed by atoms with Gasteiger partial charge in [-0.3, -0.25) is 0 Å². The van der Waals surface area contributed by atoms with Crippen molar-refractivity contribution in [1.29, 1.82) is 0 Å². The normalized spacial score (nSPS) is 11.8. The summed E-state index contributed by atoms with van der Waals surface area (Å²) < 4.78 is 1.07. The van der Waals surface area contributed by atoms with Crippen molar-refractivity contribution in [2.75, 3.05) is 26.4 Å². The quantitative estimate of drug-likeness (QED) is 0.141. The van der Waals surface area contributed by atoms with Crippen molar-refractivity contribution < 1.29 is 4.48 Å². The maximum atomic E-state index is 5.79. The van der Waals surface area contributed by atoms with Crippen LogP contribution < -0.4 is 5.73 Å². The average Bonchev–Trinajstić information content (AvgIpc) is 2.69. The smallest absolute Gasteiger partial charge is 0.104 e. The summed E-state index contributed by atoms with van der Waals surface area (Å²) in [6, 6.07) is 8.37. The van der Waals surface area contributed by atoms with E-state index in [9.17, 15) is 0 Å². The summed E-state index contributed by atoms with van der Waals surface area (Å²) in [5, 5.41) is 0. The van der Waals surface area contributed by atoms with Gasteiger partial charge >= 0.3 is 0 Å². The van der Waals surface area contributed by atoms with Gasteiger partial charge in [-0.2, -0.15) is 0 Å². The second-order valence-electron chi connectivity index (χ2n) is 9.86. The fourth-order valence-electron chi connectivity index (χ4n) is 4.28. The largest absolute Gasteiger partial charge is 0.399 e. The first-order valence-electron chi connectivity index (χ1n) is 12.7. The Hall–Kier alpha value is -1.02. The van der Waals surface area contributed by atoms with E-state index in [0.29, 0.717) is 0 Å². The number of nitrogen functional groups attached to an aromatic ring is 1. The molecule has 29 heavy (non-hydrogen) atoms. The molecule has 0 radical (unpaired) electrons. The van der Waals surface area contributed by atoms with Gasteiger partial charge < -0.3 is 10.2 Å². The van der Waals surface area contributed by atoms with E-state index in [2.05, 4.69) is 33.2 Å². The lowest BCUT2D eigenvalue weighted by atomic mass is 10.0. The molecule has 0 fully saturated rings. The van der Waals surface area contributed by atoms with Gasteiger partial charge in [0.1, 0.15) is 6.54 Å². The van der Waals surface area contributed by atoms with Crippen molar-refractivity contribution in [2.45, 2.75) is 116 Å². The minimum absolute atomic E-state index is 0.858. The molecule has 0 aliphatic rings. The topological polar surface area (TPSA) is 26.0 Å². The number of rotatable bonds is 19. The standard InChI is InChI=1S/C27H51N2/c1-4-5-6-7-8-9-10-11-12-13-14-15-16-17-18-19-24-29(2,3)25-26-20-22-27(28)23-21-26/h20-23H,4-19,24-25,28H2,1-3H3/q+1. The van der Waals surface area contributed by atoms with E-state index in [-0.39, 0.29) is 0 Å². The Labute approximate surface area is 182 Å². The minimum Gasteiger partial charge on any atom is -0.399 e. The van der Waals surface area contributed by atoms with Crippen molar-refractivity contribution in [3.63, 3.8) is 0 Å². The van der Waals surface area contributed by atoms with Gasteiger partial charge in [-0.05, 0) is 25.0 Å². The van der Waals surface area contributed by atoms with Gasteiger partial charge in [0.05, 0.1) is 20.6 Å². The molecule has 168 valence electrons. The SMILES string of the molecule is CCCCCCCCCCCCCCCCCC[N+](C)(C)Cc1ccc(N)cc1. The fourth-order valence-corrected chi connectivity index (χ4v) is 4.28. The Morgan fingerprint density at radius 1 is 0.586 bits per heavy atom. The molecule has 1 aromatic rings. The first kappa shape index (κ1) is 26.0. The number of benzene rings is 1. The molecule has 0 aromatic heterocycles. The second-order valence-corrected chi connectivity index (χ2v) is 9.86. The highest BCUT2D eigenvalue weighted by molar-refractivity contribution is 5.39. The molecule has 0 heterocycles. The van der Waals surface area contributed by atoms with E-state index in [1.54, 1.807) is 0 Å². The monoisotopic (exact) mass is 403 g/mol. The van der Waals surface area contributed by atoms with Gasteiger partial charge in [-0.15, -0.1) is 0 Å². The number of anilines is 1. The van der Waals surface area contributed by atoms with Gasteiger partial charge in [-0.1, -0.05) is 109 Å². The third kappa shape index (κ3) is 15.5. The maximum Gasteiger partial charge on any atom is 0.104 e. The molecule has 2 heteroatoms. The minimum atomic E-state index is 0.858. The van der Waals surface area contributed by atoms with E-state index >= 15 is 0 Å². The Morgan fingerprint density at radius 2 is 0.966 bits per heavy atom.